The molecule has 1 fully saturated rings. The van der Waals surface area contributed by atoms with Crippen LogP contribution in [0, 0.1) is 10.8 Å². The summed E-state index contributed by atoms with van der Waals surface area (Å²) in [6.07, 6.45) is 3.40. The lowest BCUT2D eigenvalue weighted by atomic mass is 9.65. The van der Waals surface area contributed by atoms with Crippen LogP contribution >= 0.6 is 22.9 Å². The number of allylic oxidation sites excluding steroid dienone is 1. The minimum absolute atomic E-state index is 0.00483. The number of Topliss-reactive ketones (excluding diaryl/α,β-unsaturated/α-hetero) is 1. The SMILES string of the molecule is CC1(C)C[C@]2(C=C(N)C1=O)CCN(C(=O)c1cccc3sc(Cl)nc13)C2. The molecule has 1 aliphatic heterocycles. The molecule has 1 aromatic heterocycles. The maximum atomic E-state index is 13.1. The van der Waals surface area contributed by atoms with E-state index in [1.54, 1.807) is 6.07 Å². The summed E-state index contributed by atoms with van der Waals surface area (Å²) < 4.78 is 1.34. The first-order valence-corrected chi connectivity index (χ1v) is 9.78. The molecular formula is C19H20ClN3O2S. The molecule has 0 bridgehead atoms. The number of hydrogen-bond donors (Lipinski definition) is 1. The van der Waals surface area contributed by atoms with E-state index in [2.05, 4.69) is 4.98 Å². The fourth-order valence-corrected chi connectivity index (χ4v) is 5.44. The molecule has 1 spiro atoms. The predicted molar refractivity (Wildman–Crippen MR) is 103 cm³/mol. The largest absolute Gasteiger partial charge is 0.396 e. The number of aromatic nitrogens is 1. The molecule has 0 radical (unpaired) electrons. The van der Waals surface area contributed by atoms with E-state index in [1.165, 1.54) is 11.3 Å². The Morgan fingerprint density at radius 2 is 2.15 bits per heavy atom. The normalized spacial score (nSPS) is 25.1. The van der Waals surface area contributed by atoms with Crippen LogP contribution in [0.2, 0.25) is 4.47 Å². The number of para-hydroxylation sites is 1. The highest BCUT2D eigenvalue weighted by molar-refractivity contribution is 7.22. The number of hydrogen-bond acceptors (Lipinski definition) is 5. The lowest BCUT2D eigenvalue weighted by Crippen LogP contribution is -2.42. The van der Waals surface area contributed by atoms with Crippen molar-refractivity contribution < 1.29 is 9.59 Å². The molecule has 2 N–H and O–H groups in total. The molecule has 2 heterocycles. The second kappa shape index (κ2) is 5.79. The summed E-state index contributed by atoms with van der Waals surface area (Å²) in [6.45, 7) is 5.07. The maximum Gasteiger partial charge on any atom is 0.256 e. The third-order valence-electron chi connectivity index (χ3n) is 5.43. The van der Waals surface area contributed by atoms with E-state index in [9.17, 15) is 9.59 Å². The Hall–Kier alpha value is -1.92. The minimum Gasteiger partial charge on any atom is -0.396 e. The number of nitrogens with zero attached hydrogens (tertiary/aromatic N) is 2. The fourth-order valence-electron chi connectivity index (χ4n) is 4.39. The average Bonchev–Trinajstić information content (AvgIpc) is 3.14. The summed E-state index contributed by atoms with van der Waals surface area (Å²) in [4.78, 5) is 31.6. The van der Waals surface area contributed by atoms with Crippen molar-refractivity contribution in [3.8, 4) is 0 Å². The smallest absolute Gasteiger partial charge is 0.256 e. The van der Waals surface area contributed by atoms with Gasteiger partial charge in [0.2, 0.25) is 0 Å². The highest BCUT2D eigenvalue weighted by Gasteiger charge is 2.48. The lowest BCUT2D eigenvalue weighted by molar-refractivity contribution is -0.125. The molecule has 26 heavy (non-hydrogen) atoms. The predicted octanol–water partition coefficient (Wildman–Crippen LogP) is 3.62. The molecule has 0 unspecified atom stereocenters. The first kappa shape index (κ1) is 17.5. The molecule has 2 aliphatic rings. The van der Waals surface area contributed by atoms with Crippen LogP contribution in [0.1, 0.15) is 37.0 Å². The number of benzene rings is 1. The molecule has 136 valence electrons. The third-order valence-corrected chi connectivity index (χ3v) is 6.55. The standard InChI is InChI=1S/C19H20ClN3O2S/c1-18(2)9-19(8-12(21)15(18)24)6-7-23(10-19)16(25)11-4-3-5-13-14(11)22-17(20)26-13/h3-5,8H,6-7,9-10,21H2,1-2H3/t19-/m1/s1. The van der Waals surface area contributed by atoms with Gasteiger partial charge in [0.25, 0.3) is 5.91 Å². The van der Waals surface area contributed by atoms with Crippen LogP contribution in [0.5, 0.6) is 0 Å². The summed E-state index contributed by atoms with van der Waals surface area (Å²) in [7, 11) is 0. The zero-order valence-corrected chi connectivity index (χ0v) is 16.3. The van der Waals surface area contributed by atoms with Crippen molar-refractivity contribution in [2.24, 2.45) is 16.6 Å². The van der Waals surface area contributed by atoms with Crippen LogP contribution in [0.25, 0.3) is 10.2 Å². The Bertz CT molecular complexity index is 965. The number of amides is 1. The molecule has 2 aromatic rings. The number of halogens is 1. The molecule has 1 aliphatic carbocycles. The number of nitrogens with two attached hydrogens (primary N) is 1. The number of ketones is 1. The molecule has 1 saturated heterocycles. The van der Waals surface area contributed by atoms with Gasteiger partial charge in [-0.15, -0.1) is 11.3 Å². The zero-order valence-electron chi connectivity index (χ0n) is 14.7. The summed E-state index contributed by atoms with van der Waals surface area (Å²) in [5.74, 6) is -0.0501. The number of fused-ring (bicyclic) bond motifs is 1. The van der Waals surface area contributed by atoms with Crippen molar-refractivity contribution in [3.05, 3.63) is 40.0 Å². The quantitative estimate of drug-likeness (QED) is 0.808. The molecule has 1 atom stereocenters. The van der Waals surface area contributed by atoms with Gasteiger partial charge in [0.1, 0.15) is 0 Å². The van der Waals surface area contributed by atoms with E-state index in [1.807, 2.05) is 37.0 Å². The van der Waals surface area contributed by atoms with E-state index in [0.29, 0.717) is 40.8 Å². The number of likely N-dealkylation sites (tertiary alicyclic amines) is 1. The highest BCUT2D eigenvalue weighted by Crippen LogP contribution is 2.47. The van der Waals surface area contributed by atoms with Gasteiger partial charge in [-0.2, -0.15) is 0 Å². The van der Waals surface area contributed by atoms with E-state index < -0.39 is 5.41 Å². The number of thiazole rings is 1. The number of rotatable bonds is 1. The average molecular weight is 390 g/mol. The number of carbonyl (C=O) groups is 2. The van der Waals surface area contributed by atoms with Crippen molar-refractivity contribution in [1.82, 2.24) is 9.88 Å². The topological polar surface area (TPSA) is 76.3 Å². The molecule has 4 rings (SSSR count). The zero-order chi connectivity index (χ0) is 18.7. The van der Waals surface area contributed by atoms with Crippen LogP contribution in [0.3, 0.4) is 0 Å². The Balaban J connectivity index is 1.65. The fraction of sp³-hybridized carbons (Fsp3) is 0.421. The van der Waals surface area contributed by atoms with Crippen LogP contribution in [0.4, 0.5) is 0 Å². The second-order valence-corrected chi connectivity index (χ2v) is 9.56. The lowest BCUT2D eigenvalue weighted by Gasteiger charge is -2.39. The maximum absolute atomic E-state index is 13.1. The molecule has 5 nitrogen and oxygen atoms in total. The number of carbonyl (C=O) groups excluding carboxylic acids is 2. The molecule has 7 heteroatoms. The van der Waals surface area contributed by atoms with Gasteiger partial charge in [-0.25, -0.2) is 4.98 Å². The minimum atomic E-state index is -0.500. The Labute approximate surface area is 160 Å². The Morgan fingerprint density at radius 1 is 1.38 bits per heavy atom. The van der Waals surface area contributed by atoms with E-state index in [0.717, 1.165) is 11.1 Å². The Morgan fingerprint density at radius 3 is 2.88 bits per heavy atom. The van der Waals surface area contributed by atoms with Gasteiger partial charge >= 0.3 is 0 Å². The van der Waals surface area contributed by atoms with Gasteiger partial charge in [-0.3, -0.25) is 9.59 Å². The van der Waals surface area contributed by atoms with Crippen molar-refractivity contribution in [2.45, 2.75) is 26.7 Å². The van der Waals surface area contributed by atoms with Crippen LogP contribution in [-0.2, 0) is 4.79 Å². The van der Waals surface area contributed by atoms with Gasteiger partial charge in [0, 0.05) is 23.9 Å². The van der Waals surface area contributed by atoms with Crippen LogP contribution < -0.4 is 5.73 Å². The van der Waals surface area contributed by atoms with Crippen molar-refractivity contribution in [3.63, 3.8) is 0 Å². The molecule has 1 aromatic carbocycles. The van der Waals surface area contributed by atoms with Gasteiger partial charge < -0.3 is 10.6 Å². The summed E-state index contributed by atoms with van der Waals surface area (Å²) in [5.41, 5.74) is 6.83. The molecular weight excluding hydrogens is 370 g/mol. The van der Waals surface area contributed by atoms with Crippen molar-refractivity contribution in [1.29, 1.82) is 0 Å². The first-order chi connectivity index (χ1) is 12.2. The first-order valence-electron chi connectivity index (χ1n) is 8.58. The summed E-state index contributed by atoms with van der Waals surface area (Å²) in [6, 6.07) is 5.57. The van der Waals surface area contributed by atoms with Crippen LogP contribution in [0.15, 0.2) is 30.0 Å². The molecule has 0 saturated carbocycles. The van der Waals surface area contributed by atoms with Gasteiger partial charge in [0.15, 0.2) is 10.3 Å². The van der Waals surface area contributed by atoms with Gasteiger partial charge in [-0.1, -0.05) is 31.5 Å². The second-order valence-electron chi connectivity index (χ2n) is 7.95. The van der Waals surface area contributed by atoms with Gasteiger partial charge in [0.05, 0.1) is 21.5 Å². The van der Waals surface area contributed by atoms with Crippen molar-refractivity contribution in [2.75, 3.05) is 13.1 Å². The van der Waals surface area contributed by atoms with Crippen LogP contribution in [-0.4, -0.2) is 34.7 Å². The molecule has 1 amide bonds. The van der Waals surface area contributed by atoms with E-state index in [-0.39, 0.29) is 17.1 Å². The van der Waals surface area contributed by atoms with Crippen molar-refractivity contribution >= 4 is 44.8 Å². The van der Waals surface area contributed by atoms with Gasteiger partial charge in [-0.05, 0) is 31.1 Å². The van der Waals surface area contributed by atoms with E-state index >= 15 is 0 Å². The third kappa shape index (κ3) is 2.72. The Kier molecular flexibility index (Phi) is 3.90. The summed E-state index contributed by atoms with van der Waals surface area (Å²) >= 11 is 7.39. The van der Waals surface area contributed by atoms with E-state index in [4.69, 9.17) is 17.3 Å². The monoisotopic (exact) mass is 389 g/mol. The highest BCUT2D eigenvalue weighted by atomic mass is 35.5. The summed E-state index contributed by atoms with van der Waals surface area (Å²) in [5, 5.41) is 0.